The fourth-order valence-corrected chi connectivity index (χ4v) is 2.59. The van der Waals surface area contributed by atoms with Crippen molar-refractivity contribution < 1.29 is 4.79 Å². The molecule has 0 bridgehead atoms. The molecule has 0 atom stereocenters. The Morgan fingerprint density at radius 2 is 1.82 bits per heavy atom. The molecule has 1 fully saturated rings. The molecule has 1 aliphatic carbocycles. The molecular formula is C13H27ClN2O. The number of hydrogen-bond donors (Lipinski definition) is 2. The van der Waals surface area contributed by atoms with Crippen molar-refractivity contribution in [3.8, 4) is 0 Å². The number of halogens is 1. The molecule has 1 rings (SSSR count). The van der Waals surface area contributed by atoms with Gasteiger partial charge in [-0.2, -0.15) is 0 Å². The van der Waals surface area contributed by atoms with Gasteiger partial charge in [0.15, 0.2) is 0 Å². The van der Waals surface area contributed by atoms with Crippen LogP contribution < -0.4 is 11.1 Å². The number of hydrogen-bond acceptors (Lipinski definition) is 2. The fraction of sp³-hybridized carbons (Fsp3) is 0.923. The van der Waals surface area contributed by atoms with E-state index in [0.717, 1.165) is 12.8 Å². The van der Waals surface area contributed by atoms with Crippen LogP contribution in [0.15, 0.2) is 0 Å². The summed E-state index contributed by atoms with van der Waals surface area (Å²) in [6, 6.07) is 0. The molecule has 0 unspecified atom stereocenters. The Balaban J connectivity index is 0.00000256. The summed E-state index contributed by atoms with van der Waals surface area (Å²) < 4.78 is 0. The van der Waals surface area contributed by atoms with Gasteiger partial charge in [-0.3, -0.25) is 4.79 Å². The smallest absolute Gasteiger partial charge is 0.220 e. The van der Waals surface area contributed by atoms with E-state index in [0.29, 0.717) is 18.9 Å². The predicted octanol–water partition coefficient (Wildman–Crippen LogP) is 2.62. The molecule has 4 heteroatoms. The second-order valence-corrected chi connectivity index (χ2v) is 5.09. The summed E-state index contributed by atoms with van der Waals surface area (Å²) in [6.45, 7) is 4.72. The normalized spacial score (nSPS) is 16.6. The monoisotopic (exact) mass is 262 g/mol. The van der Waals surface area contributed by atoms with Gasteiger partial charge in [0.2, 0.25) is 5.91 Å². The molecule has 0 saturated heterocycles. The summed E-state index contributed by atoms with van der Waals surface area (Å²) >= 11 is 0. The van der Waals surface area contributed by atoms with E-state index in [4.69, 9.17) is 5.73 Å². The lowest BCUT2D eigenvalue weighted by Crippen LogP contribution is -2.53. The first kappa shape index (κ1) is 16.7. The van der Waals surface area contributed by atoms with Crippen LogP contribution in [0.1, 0.15) is 58.8 Å². The number of carbonyl (C=O) groups excluding carboxylic acids is 1. The maximum Gasteiger partial charge on any atom is 0.220 e. The number of nitrogens with two attached hydrogens (primary N) is 1. The summed E-state index contributed by atoms with van der Waals surface area (Å²) in [7, 11) is 0. The van der Waals surface area contributed by atoms with Gasteiger partial charge in [-0.1, -0.05) is 26.7 Å². The Labute approximate surface area is 111 Å². The van der Waals surface area contributed by atoms with Gasteiger partial charge in [-0.15, -0.1) is 12.4 Å². The lowest BCUT2D eigenvalue weighted by atomic mass is 9.92. The van der Waals surface area contributed by atoms with Gasteiger partial charge < -0.3 is 11.1 Å². The summed E-state index contributed by atoms with van der Waals surface area (Å²) in [5.41, 5.74) is 5.60. The van der Waals surface area contributed by atoms with Crippen molar-refractivity contribution in [1.29, 1.82) is 0 Å². The zero-order valence-corrected chi connectivity index (χ0v) is 11.9. The van der Waals surface area contributed by atoms with Gasteiger partial charge >= 0.3 is 0 Å². The van der Waals surface area contributed by atoms with Crippen LogP contribution in [0.3, 0.4) is 0 Å². The third kappa shape index (κ3) is 4.84. The number of rotatable bonds is 6. The van der Waals surface area contributed by atoms with Crippen molar-refractivity contribution >= 4 is 18.3 Å². The summed E-state index contributed by atoms with van der Waals surface area (Å²) in [4.78, 5) is 11.9. The molecule has 0 aliphatic heterocycles. The number of nitrogens with one attached hydrogen (secondary N) is 1. The lowest BCUT2D eigenvalue weighted by Gasteiger charge is -2.32. The average Bonchev–Trinajstić information content (AvgIpc) is 2.79. The van der Waals surface area contributed by atoms with E-state index in [1.807, 2.05) is 0 Å². The Kier molecular flexibility index (Phi) is 7.80. The first-order valence-corrected chi connectivity index (χ1v) is 6.67. The topological polar surface area (TPSA) is 55.1 Å². The summed E-state index contributed by atoms with van der Waals surface area (Å²) in [5.74, 6) is 0.810. The Morgan fingerprint density at radius 1 is 1.29 bits per heavy atom. The SMILES string of the molecule is CCC(CC)(CN)NC(=O)CC1CCCC1.Cl. The van der Waals surface area contributed by atoms with Crippen molar-refractivity contribution in [3.63, 3.8) is 0 Å². The van der Waals surface area contributed by atoms with E-state index in [2.05, 4.69) is 19.2 Å². The standard InChI is InChI=1S/C13H26N2O.ClH/c1-3-13(4-2,10-14)15-12(16)9-11-7-5-6-8-11;/h11H,3-10,14H2,1-2H3,(H,15,16);1H. The van der Waals surface area contributed by atoms with Crippen molar-refractivity contribution in [1.82, 2.24) is 5.32 Å². The minimum atomic E-state index is -0.171. The number of amides is 1. The molecule has 17 heavy (non-hydrogen) atoms. The molecule has 0 heterocycles. The van der Waals surface area contributed by atoms with Crippen molar-refractivity contribution in [3.05, 3.63) is 0 Å². The Hall–Kier alpha value is -0.280. The van der Waals surface area contributed by atoms with Crippen LogP contribution in [0.5, 0.6) is 0 Å². The van der Waals surface area contributed by atoms with Crippen LogP contribution in [0.4, 0.5) is 0 Å². The molecule has 0 aromatic rings. The second kappa shape index (κ2) is 7.93. The van der Waals surface area contributed by atoms with Crippen LogP contribution in [0.25, 0.3) is 0 Å². The number of carbonyl (C=O) groups is 1. The van der Waals surface area contributed by atoms with Crippen molar-refractivity contribution in [2.75, 3.05) is 6.54 Å². The molecule has 0 aromatic carbocycles. The highest BCUT2D eigenvalue weighted by Gasteiger charge is 2.27. The van der Waals surface area contributed by atoms with Crippen LogP contribution >= 0.6 is 12.4 Å². The van der Waals surface area contributed by atoms with E-state index in [1.54, 1.807) is 0 Å². The van der Waals surface area contributed by atoms with Crippen LogP contribution in [-0.4, -0.2) is 18.0 Å². The zero-order chi connectivity index (χ0) is 12.0. The zero-order valence-electron chi connectivity index (χ0n) is 11.1. The highest BCUT2D eigenvalue weighted by Crippen LogP contribution is 2.27. The molecule has 1 aliphatic rings. The molecule has 102 valence electrons. The molecule has 3 nitrogen and oxygen atoms in total. The maximum atomic E-state index is 11.9. The fourth-order valence-electron chi connectivity index (χ4n) is 2.59. The molecule has 0 aromatic heterocycles. The Morgan fingerprint density at radius 3 is 2.24 bits per heavy atom. The average molecular weight is 263 g/mol. The quantitative estimate of drug-likeness (QED) is 0.773. The van der Waals surface area contributed by atoms with Crippen LogP contribution in [0.2, 0.25) is 0 Å². The largest absolute Gasteiger partial charge is 0.349 e. The van der Waals surface area contributed by atoms with Gasteiger partial charge in [-0.25, -0.2) is 0 Å². The molecular weight excluding hydrogens is 236 g/mol. The molecule has 3 N–H and O–H groups in total. The Bertz CT molecular complexity index is 215. The third-order valence-corrected chi connectivity index (χ3v) is 4.10. The maximum absolute atomic E-state index is 11.9. The summed E-state index contributed by atoms with van der Waals surface area (Å²) in [6.07, 6.45) is 7.56. The van der Waals surface area contributed by atoms with E-state index in [9.17, 15) is 4.79 Å². The van der Waals surface area contributed by atoms with E-state index < -0.39 is 0 Å². The molecule has 0 radical (unpaired) electrons. The van der Waals surface area contributed by atoms with E-state index >= 15 is 0 Å². The first-order valence-electron chi connectivity index (χ1n) is 6.67. The van der Waals surface area contributed by atoms with Gasteiger partial charge in [0, 0.05) is 13.0 Å². The second-order valence-electron chi connectivity index (χ2n) is 5.09. The molecule has 1 saturated carbocycles. The van der Waals surface area contributed by atoms with Crippen molar-refractivity contribution in [2.24, 2.45) is 11.7 Å². The van der Waals surface area contributed by atoms with Crippen LogP contribution in [-0.2, 0) is 4.79 Å². The van der Waals surface area contributed by atoms with Gasteiger partial charge in [-0.05, 0) is 31.6 Å². The van der Waals surface area contributed by atoms with Gasteiger partial charge in [0.25, 0.3) is 0 Å². The molecule has 1 amide bonds. The minimum Gasteiger partial charge on any atom is -0.349 e. The first-order chi connectivity index (χ1) is 7.65. The van der Waals surface area contributed by atoms with Gasteiger partial charge in [0.1, 0.15) is 0 Å². The predicted molar refractivity (Wildman–Crippen MR) is 74.3 cm³/mol. The van der Waals surface area contributed by atoms with E-state index in [-0.39, 0.29) is 23.9 Å². The highest BCUT2D eigenvalue weighted by molar-refractivity contribution is 5.85. The lowest BCUT2D eigenvalue weighted by molar-refractivity contribution is -0.124. The van der Waals surface area contributed by atoms with Gasteiger partial charge in [0.05, 0.1) is 5.54 Å². The van der Waals surface area contributed by atoms with E-state index in [1.165, 1.54) is 25.7 Å². The third-order valence-electron chi connectivity index (χ3n) is 4.10. The van der Waals surface area contributed by atoms with Crippen molar-refractivity contribution in [2.45, 2.75) is 64.3 Å². The van der Waals surface area contributed by atoms with Crippen LogP contribution in [0, 0.1) is 5.92 Å². The summed E-state index contributed by atoms with van der Waals surface area (Å²) in [5, 5.41) is 3.14. The minimum absolute atomic E-state index is 0. The highest BCUT2D eigenvalue weighted by atomic mass is 35.5. The molecule has 0 spiro atoms.